The minimum Gasteiger partial charge on any atom is -0.468 e. The lowest BCUT2D eigenvalue weighted by Gasteiger charge is -2.41. The Morgan fingerprint density at radius 3 is 2.79 bits per heavy atom. The summed E-state index contributed by atoms with van der Waals surface area (Å²) in [4.78, 5) is 2.69. The zero-order chi connectivity index (χ0) is 13.2. The highest BCUT2D eigenvalue weighted by Gasteiger charge is 2.39. The van der Waals surface area contributed by atoms with Gasteiger partial charge in [0.05, 0.1) is 12.8 Å². The lowest BCUT2D eigenvalue weighted by Crippen LogP contribution is -2.47. The fourth-order valence-corrected chi connectivity index (χ4v) is 3.60. The Bertz CT molecular complexity index is 385. The SMILES string of the molecule is CC1CCC(CN)C(N(Cc2ccco2)C2CC2)C1. The second-order valence-electron chi connectivity index (χ2n) is 6.46. The molecule has 0 amide bonds. The molecule has 3 unspecified atom stereocenters. The molecule has 19 heavy (non-hydrogen) atoms. The van der Waals surface area contributed by atoms with Crippen LogP contribution in [0, 0.1) is 11.8 Å². The monoisotopic (exact) mass is 262 g/mol. The third-order valence-corrected chi connectivity index (χ3v) is 4.88. The predicted molar refractivity (Wildman–Crippen MR) is 76.6 cm³/mol. The zero-order valence-electron chi connectivity index (χ0n) is 11.9. The van der Waals surface area contributed by atoms with Crippen molar-refractivity contribution < 1.29 is 4.42 Å². The normalized spacial score (nSPS) is 31.8. The molecule has 2 saturated carbocycles. The summed E-state index contributed by atoms with van der Waals surface area (Å²) < 4.78 is 5.56. The van der Waals surface area contributed by atoms with Gasteiger partial charge in [-0.25, -0.2) is 0 Å². The van der Waals surface area contributed by atoms with Crippen molar-refractivity contribution in [2.45, 2.75) is 57.7 Å². The summed E-state index contributed by atoms with van der Waals surface area (Å²) in [5.74, 6) is 2.61. The van der Waals surface area contributed by atoms with Crippen LogP contribution < -0.4 is 5.73 Å². The molecule has 1 heterocycles. The van der Waals surface area contributed by atoms with E-state index in [0.29, 0.717) is 12.0 Å². The molecule has 2 aliphatic rings. The Labute approximate surface area is 116 Å². The van der Waals surface area contributed by atoms with E-state index >= 15 is 0 Å². The Hall–Kier alpha value is -0.800. The number of furan rings is 1. The third-order valence-electron chi connectivity index (χ3n) is 4.88. The van der Waals surface area contributed by atoms with Crippen LogP contribution in [0.25, 0.3) is 0 Å². The molecule has 0 aromatic carbocycles. The number of rotatable bonds is 5. The molecule has 2 fully saturated rings. The Morgan fingerprint density at radius 1 is 1.32 bits per heavy atom. The quantitative estimate of drug-likeness (QED) is 0.887. The van der Waals surface area contributed by atoms with Gasteiger partial charge < -0.3 is 10.2 Å². The second-order valence-corrected chi connectivity index (χ2v) is 6.46. The fraction of sp³-hybridized carbons (Fsp3) is 0.750. The van der Waals surface area contributed by atoms with E-state index in [1.165, 1.54) is 32.1 Å². The van der Waals surface area contributed by atoms with Gasteiger partial charge in [-0.05, 0) is 56.2 Å². The van der Waals surface area contributed by atoms with Gasteiger partial charge in [-0.3, -0.25) is 4.90 Å². The van der Waals surface area contributed by atoms with Crippen LogP contribution in [-0.2, 0) is 6.54 Å². The Morgan fingerprint density at radius 2 is 2.16 bits per heavy atom. The highest BCUT2D eigenvalue weighted by molar-refractivity contribution is 5.02. The van der Waals surface area contributed by atoms with E-state index < -0.39 is 0 Å². The standard InChI is InChI=1S/C16H26N2O/c1-12-4-5-13(10-17)16(9-12)18(14-6-7-14)11-15-3-2-8-19-15/h2-3,8,12-14,16H,4-7,9-11,17H2,1H3. The topological polar surface area (TPSA) is 42.4 Å². The molecular formula is C16H26N2O. The van der Waals surface area contributed by atoms with Crippen LogP contribution in [0.4, 0.5) is 0 Å². The predicted octanol–water partition coefficient (Wildman–Crippen LogP) is 3.01. The van der Waals surface area contributed by atoms with Gasteiger partial charge in [-0.15, -0.1) is 0 Å². The van der Waals surface area contributed by atoms with Crippen molar-refractivity contribution in [1.82, 2.24) is 4.90 Å². The summed E-state index contributed by atoms with van der Waals surface area (Å²) >= 11 is 0. The van der Waals surface area contributed by atoms with Gasteiger partial charge in [0.25, 0.3) is 0 Å². The first-order chi connectivity index (χ1) is 9.28. The molecule has 3 heteroatoms. The van der Waals surface area contributed by atoms with Gasteiger partial charge >= 0.3 is 0 Å². The van der Waals surface area contributed by atoms with Crippen LogP contribution in [-0.4, -0.2) is 23.5 Å². The van der Waals surface area contributed by atoms with E-state index in [4.69, 9.17) is 10.2 Å². The van der Waals surface area contributed by atoms with E-state index in [2.05, 4.69) is 17.9 Å². The van der Waals surface area contributed by atoms with Crippen molar-refractivity contribution in [3.63, 3.8) is 0 Å². The van der Waals surface area contributed by atoms with Crippen molar-refractivity contribution in [3.05, 3.63) is 24.2 Å². The number of nitrogens with two attached hydrogens (primary N) is 1. The smallest absolute Gasteiger partial charge is 0.117 e. The highest BCUT2D eigenvalue weighted by atomic mass is 16.3. The lowest BCUT2D eigenvalue weighted by atomic mass is 9.78. The summed E-state index contributed by atoms with van der Waals surface area (Å²) in [6.07, 6.45) is 8.43. The van der Waals surface area contributed by atoms with Gasteiger partial charge in [-0.1, -0.05) is 13.3 Å². The molecule has 0 spiro atoms. The van der Waals surface area contributed by atoms with Crippen LogP contribution in [0.15, 0.2) is 22.8 Å². The van der Waals surface area contributed by atoms with Crippen molar-refractivity contribution in [2.24, 2.45) is 17.6 Å². The largest absolute Gasteiger partial charge is 0.468 e. The number of hydrogen-bond donors (Lipinski definition) is 1. The van der Waals surface area contributed by atoms with Crippen molar-refractivity contribution in [3.8, 4) is 0 Å². The molecule has 0 aliphatic heterocycles. The molecule has 2 aliphatic carbocycles. The van der Waals surface area contributed by atoms with Gasteiger partial charge in [0, 0.05) is 12.1 Å². The van der Waals surface area contributed by atoms with E-state index in [0.717, 1.165) is 30.8 Å². The Kier molecular flexibility index (Phi) is 3.94. The maximum atomic E-state index is 6.02. The first-order valence-corrected chi connectivity index (χ1v) is 7.76. The molecule has 1 aromatic rings. The summed E-state index contributed by atoms with van der Waals surface area (Å²) in [6, 6.07) is 5.52. The molecular weight excluding hydrogens is 236 g/mol. The average molecular weight is 262 g/mol. The third kappa shape index (κ3) is 3.03. The second kappa shape index (κ2) is 5.68. The average Bonchev–Trinajstić information content (AvgIpc) is 3.13. The number of nitrogens with zero attached hydrogens (tertiary/aromatic N) is 1. The van der Waals surface area contributed by atoms with Gasteiger partial charge in [0.2, 0.25) is 0 Å². The van der Waals surface area contributed by atoms with Gasteiger partial charge in [0.15, 0.2) is 0 Å². The summed E-state index contributed by atoms with van der Waals surface area (Å²) in [7, 11) is 0. The molecule has 2 N–H and O–H groups in total. The maximum absolute atomic E-state index is 6.02. The lowest BCUT2D eigenvalue weighted by molar-refractivity contribution is 0.0668. The molecule has 1 aromatic heterocycles. The summed E-state index contributed by atoms with van der Waals surface area (Å²) in [5.41, 5.74) is 6.02. The minimum atomic E-state index is 0.659. The van der Waals surface area contributed by atoms with Crippen molar-refractivity contribution >= 4 is 0 Å². The zero-order valence-corrected chi connectivity index (χ0v) is 11.9. The molecule has 0 saturated heterocycles. The van der Waals surface area contributed by atoms with Crippen LogP contribution in [0.1, 0.15) is 44.8 Å². The van der Waals surface area contributed by atoms with Crippen LogP contribution in [0.2, 0.25) is 0 Å². The van der Waals surface area contributed by atoms with Gasteiger partial charge in [0.1, 0.15) is 5.76 Å². The number of hydrogen-bond acceptors (Lipinski definition) is 3. The summed E-state index contributed by atoms with van der Waals surface area (Å²) in [6.45, 7) is 4.18. The molecule has 0 radical (unpaired) electrons. The first kappa shape index (κ1) is 13.2. The van der Waals surface area contributed by atoms with Gasteiger partial charge in [-0.2, -0.15) is 0 Å². The summed E-state index contributed by atoms with van der Waals surface area (Å²) in [5, 5.41) is 0. The fourth-order valence-electron chi connectivity index (χ4n) is 3.60. The van der Waals surface area contributed by atoms with E-state index in [-0.39, 0.29) is 0 Å². The van der Waals surface area contributed by atoms with Crippen molar-refractivity contribution in [2.75, 3.05) is 6.54 Å². The van der Waals surface area contributed by atoms with Crippen LogP contribution >= 0.6 is 0 Å². The molecule has 0 bridgehead atoms. The maximum Gasteiger partial charge on any atom is 0.117 e. The van der Waals surface area contributed by atoms with E-state index in [9.17, 15) is 0 Å². The molecule has 106 valence electrons. The minimum absolute atomic E-state index is 0.659. The molecule has 3 atom stereocenters. The van der Waals surface area contributed by atoms with Crippen molar-refractivity contribution in [1.29, 1.82) is 0 Å². The van der Waals surface area contributed by atoms with E-state index in [1.54, 1.807) is 6.26 Å². The highest BCUT2D eigenvalue weighted by Crippen LogP contribution is 2.38. The molecule has 3 nitrogen and oxygen atoms in total. The Balaban J connectivity index is 1.73. The van der Waals surface area contributed by atoms with Crippen LogP contribution in [0.3, 0.4) is 0 Å². The van der Waals surface area contributed by atoms with E-state index in [1.807, 2.05) is 6.07 Å². The first-order valence-electron chi connectivity index (χ1n) is 7.76. The molecule has 3 rings (SSSR count). The van der Waals surface area contributed by atoms with Crippen LogP contribution in [0.5, 0.6) is 0 Å².